The number of carbonyl (C=O) groups is 1. The number of aliphatic hydroxyl groups is 1. The van der Waals surface area contributed by atoms with Gasteiger partial charge in [0, 0.05) is 6.42 Å². The molecule has 1 saturated carbocycles. The summed E-state index contributed by atoms with van der Waals surface area (Å²) >= 11 is 0. The van der Waals surface area contributed by atoms with E-state index in [2.05, 4.69) is 5.32 Å². The number of aliphatic hydroxyl groups excluding tert-OH is 1. The number of carbonyl (C=O) groups excluding carboxylic acids is 1. The first kappa shape index (κ1) is 15.8. The van der Waals surface area contributed by atoms with Crippen LogP contribution in [0.2, 0.25) is 0 Å². The Morgan fingerprint density at radius 3 is 2.76 bits per heavy atom. The van der Waals surface area contributed by atoms with Crippen LogP contribution in [-0.4, -0.2) is 29.8 Å². The summed E-state index contributed by atoms with van der Waals surface area (Å²) in [5.74, 6) is 1.29. The molecule has 1 amide bonds. The lowest BCUT2D eigenvalue weighted by molar-refractivity contribution is -0.124. The predicted molar refractivity (Wildman–Crippen MR) is 82.3 cm³/mol. The van der Waals surface area contributed by atoms with E-state index in [-0.39, 0.29) is 12.5 Å². The number of rotatable bonds is 8. The molecule has 1 aromatic rings. The molecule has 0 aliphatic heterocycles. The SMILES string of the molecule is Cc1ccccc1OCCCC(=O)NC(C)(CO)C1CC1. The van der Waals surface area contributed by atoms with E-state index in [1.165, 1.54) is 0 Å². The second kappa shape index (κ2) is 6.94. The Morgan fingerprint density at radius 1 is 1.43 bits per heavy atom. The molecule has 0 radical (unpaired) electrons. The van der Waals surface area contributed by atoms with Crippen LogP contribution in [0.1, 0.15) is 38.2 Å². The number of hydrogen-bond donors (Lipinski definition) is 2. The van der Waals surface area contributed by atoms with Gasteiger partial charge in [0.05, 0.1) is 18.8 Å². The van der Waals surface area contributed by atoms with Gasteiger partial charge in [-0.1, -0.05) is 18.2 Å². The van der Waals surface area contributed by atoms with Crippen molar-refractivity contribution in [2.24, 2.45) is 5.92 Å². The monoisotopic (exact) mass is 291 g/mol. The zero-order chi connectivity index (χ0) is 15.3. The van der Waals surface area contributed by atoms with Crippen molar-refractivity contribution >= 4 is 5.91 Å². The van der Waals surface area contributed by atoms with Crippen molar-refractivity contribution in [3.63, 3.8) is 0 Å². The van der Waals surface area contributed by atoms with Crippen molar-refractivity contribution in [2.75, 3.05) is 13.2 Å². The van der Waals surface area contributed by atoms with Gasteiger partial charge in [-0.2, -0.15) is 0 Å². The zero-order valence-electron chi connectivity index (χ0n) is 12.9. The van der Waals surface area contributed by atoms with Gasteiger partial charge in [-0.3, -0.25) is 4.79 Å². The Bertz CT molecular complexity index is 485. The lowest BCUT2D eigenvalue weighted by Crippen LogP contribution is -2.50. The minimum atomic E-state index is -0.450. The van der Waals surface area contributed by atoms with E-state index >= 15 is 0 Å². The smallest absolute Gasteiger partial charge is 0.220 e. The molecule has 116 valence electrons. The fourth-order valence-corrected chi connectivity index (χ4v) is 2.51. The molecule has 0 saturated heterocycles. The summed E-state index contributed by atoms with van der Waals surface area (Å²) in [7, 11) is 0. The van der Waals surface area contributed by atoms with Gasteiger partial charge in [0.15, 0.2) is 0 Å². The van der Waals surface area contributed by atoms with Gasteiger partial charge in [-0.25, -0.2) is 0 Å². The fourth-order valence-electron chi connectivity index (χ4n) is 2.51. The van der Waals surface area contributed by atoms with E-state index in [9.17, 15) is 9.90 Å². The summed E-state index contributed by atoms with van der Waals surface area (Å²) in [6, 6.07) is 7.86. The van der Waals surface area contributed by atoms with Gasteiger partial charge >= 0.3 is 0 Å². The molecule has 4 nitrogen and oxygen atoms in total. The summed E-state index contributed by atoms with van der Waals surface area (Å²) in [5.41, 5.74) is 0.650. The zero-order valence-corrected chi connectivity index (χ0v) is 12.9. The van der Waals surface area contributed by atoms with Crippen molar-refractivity contribution in [3.05, 3.63) is 29.8 Å². The molecule has 0 spiro atoms. The third-order valence-corrected chi connectivity index (χ3v) is 4.13. The quantitative estimate of drug-likeness (QED) is 0.723. The van der Waals surface area contributed by atoms with E-state index < -0.39 is 5.54 Å². The van der Waals surface area contributed by atoms with Crippen molar-refractivity contribution in [2.45, 2.75) is 45.1 Å². The summed E-state index contributed by atoms with van der Waals surface area (Å²) in [4.78, 5) is 12.0. The minimum Gasteiger partial charge on any atom is -0.493 e. The first-order valence-electron chi connectivity index (χ1n) is 7.65. The molecule has 4 heteroatoms. The van der Waals surface area contributed by atoms with Gasteiger partial charge in [0.2, 0.25) is 5.91 Å². The highest BCUT2D eigenvalue weighted by molar-refractivity contribution is 5.76. The van der Waals surface area contributed by atoms with E-state index in [1.807, 2.05) is 38.1 Å². The van der Waals surface area contributed by atoms with Crippen LogP contribution in [0, 0.1) is 12.8 Å². The predicted octanol–water partition coefficient (Wildman–Crippen LogP) is 2.43. The average molecular weight is 291 g/mol. The Hall–Kier alpha value is -1.55. The highest BCUT2D eigenvalue weighted by Crippen LogP contribution is 2.39. The lowest BCUT2D eigenvalue weighted by atomic mass is 9.96. The number of amides is 1. The maximum absolute atomic E-state index is 12.0. The van der Waals surface area contributed by atoms with Crippen molar-refractivity contribution in [3.8, 4) is 5.75 Å². The molecule has 1 aliphatic carbocycles. The van der Waals surface area contributed by atoms with Crippen LogP contribution >= 0.6 is 0 Å². The molecule has 1 aliphatic rings. The number of benzene rings is 1. The first-order chi connectivity index (χ1) is 10.0. The van der Waals surface area contributed by atoms with Gasteiger partial charge in [-0.05, 0) is 50.7 Å². The summed E-state index contributed by atoms with van der Waals surface area (Å²) in [6.45, 7) is 4.46. The van der Waals surface area contributed by atoms with Gasteiger partial charge in [0.25, 0.3) is 0 Å². The van der Waals surface area contributed by atoms with Gasteiger partial charge in [-0.15, -0.1) is 0 Å². The Balaban J connectivity index is 1.69. The van der Waals surface area contributed by atoms with Crippen LogP contribution in [0.15, 0.2) is 24.3 Å². The molecule has 1 atom stereocenters. The molecule has 2 N–H and O–H groups in total. The van der Waals surface area contributed by atoms with Crippen LogP contribution in [0.4, 0.5) is 0 Å². The van der Waals surface area contributed by atoms with Crippen LogP contribution in [0.5, 0.6) is 5.75 Å². The molecule has 1 unspecified atom stereocenters. The highest BCUT2D eigenvalue weighted by Gasteiger charge is 2.41. The van der Waals surface area contributed by atoms with Crippen LogP contribution < -0.4 is 10.1 Å². The second-order valence-electron chi connectivity index (χ2n) is 6.12. The van der Waals surface area contributed by atoms with Gasteiger partial charge in [0.1, 0.15) is 5.75 Å². The van der Waals surface area contributed by atoms with Gasteiger partial charge < -0.3 is 15.2 Å². The molecule has 21 heavy (non-hydrogen) atoms. The topological polar surface area (TPSA) is 58.6 Å². The molecule has 0 heterocycles. The maximum Gasteiger partial charge on any atom is 0.220 e. The molecule has 1 aromatic carbocycles. The average Bonchev–Trinajstić information content (AvgIpc) is 3.30. The molecule has 0 bridgehead atoms. The number of hydrogen-bond acceptors (Lipinski definition) is 3. The van der Waals surface area contributed by atoms with E-state index in [4.69, 9.17) is 4.74 Å². The van der Waals surface area contributed by atoms with Crippen LogP contribution in [0.3, 0.4) is 0 Å². The maximum atomic E-state index is 12.0. The third kappa shape index (κ3) is 4.46. The van der Waals surface area contributed by atoms with Crippen molar-refractivity contribution in [1.29, 1.82) is 0 Å². The second-order valence-corrected chi connectivity index (χ2v) is 6.12. The molecule has 0 aromatic heterocycles. The first-order valence-corrected chi connectivity index (χ1v) is 7.65. The fraction of sp³-hybridized carbons (Fsp3) is 0.588. The van der Waals surface area contributed by atoms with Crippen LogP contribution in [-0.2, 0) is 4.79 Å². The lowest BCUT2D eigenvalue weighted by Gasteiger charge is -2.28. The Kier molecular flexibility index (Phi) is 5.23. The molecule has 2 rings (SSSR count). The Morgan fingerprint density at radius 2 is 2.14 bits per heavy atom. The summed E-state index contributed by atoms with van der Waals surface area (Å²) in [6.07, 6.45) is 3.28. The normalized spacial score (nSPS) is 17.1. The third-order valence-electron chi connectivity index (χ3n) is 4.13. The number of nitrogens with one attached hydrogen (secondary N) is 1. The minimum absolute atomic E-state index is 0.00309. The van der Waals surface area contributed by atoms with Crippen LogP contribution in [0.25, 0.3) is 0 Å². The Labute approximate surface area is 126 Å². The molecular weight excluding hydrogens is 266 g/mol. The van der Waals surface area contributed by atoms with E-state index in [1.54, 1.807) is 0 Å². The van der Waals surface area contributed by atoms with E-state index in [0.29, 0.717) is 25.4 Å². The molecular formula is C17H25NO3. The highest BCUT2D eigenvalue weighted by atomic mass is 16.5. The van der Waals surface area contributed by atoms with E-state index in [0.717, 1.165) is 24.2 Å². The summed E-state index contributed by atoms with van der Waals surface area (Å²) in [5, 5.41) is 12.4. The number of ether oxygens (including phenoxy) is 1. The standard InChI is InChI=1S/C17H25NO3/c1-13-6-3-4-7-15(13)21-11-5-8-16(20)18-17(2,12-19)14-9-10-14/h3-4,6-7,14,19H,5,8-12H2,1-2H3,(H,18,20). The number of aryl methyl sites for hydroxylation is 1. The molecule has 1 fully saturated rings. The number of para-hydroxylation sites is 1. The largest absolute Gasteiger partial charge is 0.493 e. The van der Waals surface area contributed by atoms with Crippen molar-refractivity contribution < 1.29 is 14.6 Å². The van der Waals surface area contributed by atoms with Crippen molar-refractivity contribution in [1.82, 2.24) is 5.32 Å². The summed E-state index contributed by atoms with van der Waals surface area (Å²) < 4.78 is 5.67.